The molecule has 3 nitrogen and oxygen atoms in total. The van der Waals surface area contributed by atoms with Gasteiger partial charge in [0.25, 0.3) is 0 Å². The molecule has 1 rings (SSSR count). The summed E-state index contributed by atoms with van der Waals surface area (Å²) >= 11 is 0. The van der Waals surface area contributed by atoms with Crippen LogP contribution < -0.4 is 0 Å². The number of rotatable bonds is 6. The highest BCUT2D eigenvalue weighted by atomic mass is 32.2. The lowest BCUT2D eigenvalue weighted by molar-refractivity contribution is 0.232. The zero-order valence-corrected chi connectivity index (χ0v) is 13.2. The van der Waals surface area contributed by atoms with E-state index in [4.69, 9.17) is 4.74 Å². The predicted octanol–water partition coefficient (Wildman–Crippen LogP) is 3.84. The van der Waals surface area contributed by atoms with E-state index in [1.807, 2.05) is 19.9 Å². The first-order valence-corrected chi connectivity index (χ1v) is 9.18. The van der Waals surface area contributed by atoms with Gasteiger partial charge in [0.2, 0.25) is 0 Å². The minimum atomic E-state index is -2.96. The van der Waals surface area contributed by atoms with Crippen LogP contribution in [0.5, 0.6) is 0 Å². The van der Waals surface area contributed by atoms with Gasteiger partial charge in [0.15, 0.2) is 9.84 Å². The van der Waals surface area contributed by atoms with Crippen LogP contribution in [0.25, 0.3) is 0 Å². The number of hydrogen-bond donors (Lipinski definition) is 0. The maximum Gasteiger partial charge on any atom is 0.155 e. The SMILES string of the molecule is C/C=C/OCCCC1(CC)CCCCCCS1(=O)=O. The van der Waals surface area contributed by atoms with Crippen molar-refractivity contribution in [3.63, 3.8) is 0 Å². The molecule has 0 radical (unpaired) electrons. The molecule has 0 spiro atoms. The van der Waals surface area contributed by atoms with E-state index in [0.29, 0.717) is 12.4 Å². The number of allylic oxidation sites excluding steroid dienone is 1. The zero-order valence-electron chi connectivity index (χ0n) is 12.4. The van der Waals surface area contributed by atoms with Crippen molar-refractivity contribution in [1.29, 1.82) is 0 Å². The van der Waals surface area contributed by atoms with Crippen molar-refractivity contribution in [2.24, 2.45) is 0 Å². The van der Waals surface area contributed by atoms with Crippen LogP contribution >= 0.6 is 0 Å². The van der Waals surface area contributed by atoms with E-state index in [1.54, 1.807) is 6.26 Å². The minimum absolute atomic E-state index is 0.372. The molecular formula is C15H28O3S. The highest BCUT2D eigenvalue weighted by Crippen LogP contribution is 2.36. The van der Waals surface area contributed by atoms with Crippen LogP contribution in [0.4, 0.5) is 0 Å². The lowest BCUT2D eigenvalue weighted by atomic mass is 9.92. The second-order valence-corrected chi connectivity index (χ2v) is 7.97. The van der Waals surface area contributed by atoms with Crippen molar-refractivity contribution < 1.29 is 13.2 Å². The average Bonchev–Trinajstić information content (AvgIpc) is 2.38. The summed E-state index contributed by atoms with van der Waals surface area (Å²) in [5, 5.41) is 0. The van der Waals surface area contributed by atoms with Crippen molar-refractivity contribution in [2.75, 3.05) is 12.4 Å². The molecule has 19 heavy (non-hydrogen) atoms. The Bertz CT molecular complexity index is 373. The predicted molar refractivity (Wildman–Crippen MR) is 79.9 cm³/mol. The van der Waals surface area contributed by atoms with Gasteiger partial charge in [0, 0.05) is 0 Å². The van der Waals surface area contributed by atoms with Crippen LogP contribution in [0, 0.1) is 0 Å². The van der Waals surface area contributed by atoms with Gasteiger partial charge in [0.1, 0.15) is 0 Å². The van der Waals surface area contributed by atoms with E-state index in [-0.39, 0.29) is 0 Å². The number of hydrogen-bond acceptors (Lipinski definition) is 3. The van der Waals surface area contributed by atoms with E-state index in [1.165, 1.54) is 6.42 Å². The zero-order chi connectivity index (χ0) is 14.2. The average molecular weight is 288 g/mol. The van der Waals surface area contributed by atoms with Gasteiger partial charge in [-0.05, 0) is 39.0 Å². The van der Waals surface area contributed by atoms with Crippen molar-refractivity contribution >= 4 is 9.84 Å². The van der Waals surface area contributed by atoms with Gasteiger partial charge < -0.3 is 4.74 Å². The summed E-state index contributed by atoms with van der Waals surface area (Å²) in [7, 11) is -2.96. The Morgan fingerprint density at radius 1 is 1.21 bits per heavy atom. The molecule has 0 N–H and O–H groups in total. The molecular weight excluding hydrogens is 260 g/mol. The molecule has 1 saturated heterocycles. The van der Waals surface area contributed by atoms with Gasteiger partial charge in [-0.25, -0.2) is 8.42 Å². The fourth-order valence-electron chi connectivity index (χ4n) is 2.96. The minimum Gasteiger partial charge on any atom is -0.502 e. The molecule has 0 aromatic rings. The Kier molecular flexibility index (Phi) is 6.90. The van der Waals surface area contributed by atoms with Gasteiger partial charge in [-0.2, -0.15) is 0 Å². The van der Waals surface area contributed by atoms with Gasteiger partial charge in [-0.3, -0.25) is 0 Å². The molecule has 0 aromatic carbocycles. The molecule has 1 unspecified atom stereocenters. The molecule has 1 atom stereocenters. The second kappa shape index (κ2) is 7.93. The Labute approximate surface area is 118 Å². The Hall–Kier alpha value is -0.510. The molecule has 0 amide bonds. The second-order valence-electron chi connectivity index (χ2n) is 5.46. The van der Waals surface area contributed by atoms with Crippen LogP contribution in [-0.4, -0.2) is 25.5 Å². The lowest BCUT2D eigenvalue weighted by Crippen LogP contribution is -2.41. The van der Waals surface area contributed by atoms with Crippen molar-refractivity contribution in [2.45, 2.75) is 70.0 Å². The van der Waals surface area contributed by atoms with Crippen molar-refractivity contribution in [3.8, 4) is 0 Å². The number of ether oxygens (including phenoxy) is 1. The van der Waals surface area contributed by atoms with Gasteiger partial charge >= 0.3 is 0 Å². The molecule has 0 saturated carbocycles. The largest absolute Gasteiger partial charge is 0.502 e. The molecule has 1 fully saturated rings. The third-order valence-corrected chi connectivity index (χ3v) is 7.07. The molecule has 112 valence electrons. The molecule has 0 aromatic heterocycles. The van der Waals surface area contributed by atoms with Gasteiger partial charge in [-0.15, -0.1) is 0 Å². The van der Waals surface area contributed by atoms with E-state index in [2.05, 4.69) is 0 Å². The first-order valence-electron chi connectivity index (χ1n) is 7.53. The van der Waals surface area contributed by atoms with Gasteiger partial charge in [0.05, 0.1) is 23.4 Å². The fraction of sp³-hybridized carbons (Fsp3) is 0.867. The van der Waals surface area contributed by atoms with E-state index in [0.717, 1.165) is 44.9 Å². The van der Waals surface area contributed by atoms with E-state index < -0.39 is 14.6 Å². The fourth-order valence-corrected chi connectivity index (χ4v) is 5.33. The quantitative estimate of drug-likeness (QED) is 0.551. The Morgan fingerprint density at radius 3 is 2.63 bits per heavy atom. The third kappa shape index (κ3) is 4.51. The summed E-state index contributed by atoms with van der Waals surface area (Å²) in [4.78, 5) is 0. The summed E-state index contributed by atoms with van der Waals surface area (Å²) in [6.07, 6.45) is 10.8. The highest BCUT2D eigenvalue weighted by Gasteiger charge is 2.41. The van der Waals surface area contributed by atoms with Crippen molar-refractivity contribution in [1.82, 2.24) is 0 Å². The summed E-state index contributed by atoms with van der Waals surface area (Å²) in [5.74, 6) is 0.372. The van der Waals surface area contributed by atoms with Crippen LogP contribution in [0.15, 0.2) is 12.3 Å². The summed E-state index contributed by atoms with van der Waals surface area (Å²) < 4.78 is 30.0. The first kappa shape index (κ1) is 16.5. The van der Waals surface area contributed by atoms with Crippen LogP contribution in [0.2, 0.25) is 0 Å². The molecule has 1 heterocycles. The third-order valence-electron chi connectivity index (χ3n) is 4.23. The maximum atomic E-state index is 12.6. The van der Waals surface area contributed by atoms with E-state index in [9.17, 15) is 8.42 Å². The van der Waals surface area contributed by atoms with Crippen LogP contribution in [0.3, 0.4) is 0 Å². The normalized spacial score (nSPS) is 27.9. The molecule has 0 aliphatic carbocycles. The van der Waals surface area contributed by atoms with Gasteiger partial charge in [-0.1, -0.05) is 32.3 Å². The highest BCUT2D eigenvalue weighted by molar-refractivity contribution is 7.92. The van der Waals surface area contributed by atoms with Crippen LogP contribution in [-0.2, 0) is 14.6 Å². The number of sulfone groups is 1. The van der Waals surface area contributed by atoms with Crippen LogP contribution in [0.1, 0.15) is 65.2 Å². The first-order chi connectivity index (χ1) is 9.08. The lowest BCUT2D eigenvalue weighted by Gasteiger charge is -2.34. The Morgan fingerprint density at radius 2 is 1.95 bits per heavy atom. The maximum absolute atomic E-state index is 12.6. The topological polar surface area (TPSA) is 43.4 Å². The standard InChI is InChI=1S/C15H28O3S/c1-3-12-18-13-9-11-15(4-2)10-7-5-6-8-14-19(15,16)17/h3,12H,4-11,13-14H2,1-2H3/b12-3+. The van der Waals surface area contributed by atoms with Crippen molar-refractivity contribution in [3.05, 3.63) is 12.3 Å². The summed E-state index contributed by atoms with van der Waals surface area (Å²) in [5.41, 5.74) is 0. The summed E-state index contributed by atoms with van der Waals surface area (Å²) in [6.45, 7) is 4.54. The molecule has 1 aliphatic heterocycles. The van der Waals surface area contributed by atoms with E-state index >= 15 is 0 Å². The molecule has 4 heteroatoms. The smallest absolute Gasteiger partial charge is 0.155 e. The molecule has 1 aliphatic rings. The Balaban J connectivity index is 2.67. The molecule has 0 bridgehead atoms. The monoisotopic (exact) mass is 288 g/mol. The summed E-state index contributed by atoms with van der Waals surface area (Å²) in [6, 6.07) is 0.